The minimum Gasteiger partial charge on any atom is -0.497 e. The molecule has 4 rings (SSSR count). The van der Waals surface area contributed by atoms with Gasteiger partial charge in [-0.3, -0.25) is 4.79 Å². The number of esters is 4. The van der Waals surface area contributed by atoms with Gasteiger partial charge in [0.05, 0.1) is 31.3 Å². The third-order valence-corrected chi connectivity index (χ3v) is 7.16. The molecule has 0 saturated heterocycles. The molecule has 1 aliphatic carbocycles. The van der Waals surface area contributed by atoms with Crippen molar-refractivity contribution in [1.82, 2.24) is 0 Å². The molecule has 0 aromatic heterocycles. The number of rotatable bonds is 9. The molecule has 0 aliphatic heterocycles. The standard InChI is InChI=1S/C32H32O9/c1-4-20-5-7-21(8-6-20)29(33)39-25-15-11-22(12-16-25)30(34)40-26-17-18-28(27(19-26)32(36)38-3)41-31(35)23-9-13-24(37-2)14-10-23/h9-21H,4-8H2,1-3H3. The van der Waals surface area contributed by atoms with Gasteiger partial charge in [0.1, 0.15) is 28.6 Å². The molecule has 1 aliphatic rings. The lowest BCUT2D eigenvalue weighted by molar-refractivity contribution is -0.140. The second-order valence-corrected chi connectivity index (χ2v) is 9.73. The van der Waals surface area contributed by atoms with E-state index in [2.05, 4.69) is 6.92 Å². The molecule has 0 atom stereocenters. The van der Waals surface area contributed by atoms with Crippen LogP contribution in [-0.2, 0) is 9.53 Å². The van der Waals surface area contributed by atoms with Gasteiger partial charge in [0.2, 0.25) is 0 Å². The third-order valence-electron chi connectivity index (χ3n) is 7.16. The lowest BCUT2D eigenvalue weighted by Gasteiger charge is -2.26. The minimum atomic E-state index is -0.783. The SMILES string of the molecule is CCC1CCC(C(=O)Oc2ccc(C(=O)Oc3ccc(OC(=O)c4ccc(OC)cc4)c(C(=O)OC)c3)cc2)CC1. The highest BCUT2D eigenvalue weighted by Crippen LogP contribution is 2.32. The van der Waals surface area contributed by atoms with Crippen LogP contribution in [0.1, 0.15) is 70.1 Å². The fourth-order valence-corrected chi connectivity index (χ4v) is 4.65. The van der Waals surface area contributed by atoms with Crippen LogP contribution in [0.15, 0.2) is 66.7 Å². The maximum absolute atomic E-state index is 12.8. The van der Waals surface area contributed by atoms with Gasteiger partial charge in [0, 0.05) is 0 Å². The van der Waals surface area contributed by atoms with Crippen LogP contribution in [0.2, 0.25) is 0 Å². The van der Waals surface area contributed by atoms with Crippen LogP contribution in [0.5, 0.6) is 23.0 Å². The summed E-state index contributed by atoms with van der Waals surface area (Å²) in [5, 5.41) is 0. The smallest absolute Gasteiger partial charge is 0.343 e. The quantitative estimate of drug-likeness (QED) is 0.228. The molecule has 1 saturated carbocycles. The Morgan fingerprint density at radius 2 is 1.22 bits per heavy atom. The van der Waals surface area contributed by atoms with Gasteiger partial charge in [-0.1, -0.05) is 13.3 Å². The van der Waals surface area contributed by atoms with E-state index >= 15 is 0 Å². The molecule has 0 unspecified atom stereocenters. The average Bonchev–Trinajstić information content (AvgIpc) is 3.01. The molecule has 41 heavy (non-hydrogen) atoms. The monoisotopic (exact) mass is 560 g/mol. The predicted octanol–water partition coefficient (Wildman–Crippen LogP) is 6.04. The lowest BCUT2D eigenvalue weighted by atomic mass is 9.81. The third kappa shape index (κ3) is 7.51. The van der Waals surface area contributed by atoms with Crippen LogP contribution < -0.4 is 18.9 Å². The van der Waals surface area contributed by atoms with Gasteiger partial charge < -0.3 is 23.7 Å². The number of benzene rings is 3. The van der Waals surface area contributed by atoms with Crippen LogP contribution in [-0.4, -0.2) is 38.1 Å². The topological polar surface area (TPSA) is 114 Å². The predicted molar refractivity (Wildman–Crippen MR) is 149 cm³/mol. The van der Waals surface area contributed by atoms with Gasteiger partial charge in [0.15, 0.2) is 0 Å². The molecule has 0 heterocycles. The van der Waals surface area contributed by atoms with E-state index in [0.29, 0.717) is 17.4 Å². The zero-order valence-corrected chi connectivity index (χ0v) is 23.2. The molecule has 1 fully saturated rings. The Morgan fingerprint density at radius 1 is 0.659 bits per heavy atom. The molecule has 0 amide bonds. The molecule has 214 valence electrons. The summed E-state index contributed by atoms with van der Waals surface area (Å²) in [4.78, 5) is 50.3. The maximum Gasteiger partial charge on any atom is 0.343 e. The molecule has 9 nitrogen and oxygen atoms in total. The van der Waals surface area contributed by atoms with Crippen molar-refractivity contribution >= 4 is 23.9 Å². The van der Waals surface area contributed by atoms with E-state index in [-0.39, 0.29) is 40.1 Å². The highest BCUT2D eigenvalue weighted by molar-refractivity contribution is 5.97. The van der Waals surface area contributed by atoms with Gasteiger partial charge in [-0.05, 0) is 98.3 Å². The number of ether oxygens (including phenoxy) is 5. The van der Waals surface area contributed by atoms with E-state index < -0.39 is 17.9 Å². The Kier molecular flexibility index (Phi) is 9.73. The van der Waals surface area contributed by atoms with Crippen molar-refractivity contribution in [3.63, 3.8) is 0 Å². The molecular formula is C32H32O9. The van der Waals surface area contributed by atoms with Gasteiger partial charge in [-0.2, -0.15) is 0 Å². The fraction of sp³-hybridized carbons (Fsp3) is 0.312. The Hall–Kier alpha value is -4.66. The molecule has 9 heteroatoms. The van der Waals surface area contributed by atoms with Crippen LogP contribution in [0.4, 0.5) is 0 Å². The zero-order chi connectivity index (χ0) is 29.4. The van der Waals surface area contributed by atoms with Crippen LogP contribution in [0, 0.1) is 11.8 Å². The summed E-state index contributed by atoms with van der Waals surface area (Å²) in [6.45, 7) is 2.17. The number of methoxy groups -OCH3 is 2. The van der Waals surface area contributed by atoms with Crippen molar-refractivity contribution in [2.75, 3.05) is 14.2 Å². The first-order valence-electron chi connectivity index (χ1n) is 13.4. The Bertz CT molecular complexity index is 1390. The Morgan fingerprint density at radius 3 is 1.78 bits per heavy atom. The summed E-state index contributed by atoms with van der Waals surface area (Å²) in [6.07, 6.45) is 4.85. The molecule has 3 aromatic carbocycles. The van der Waals surface area contributed by atoms with E-state index in [0.717, 1.165) is 32.1 Å². The summed E-state index contributed by atoms with van der Waals surface area (Å²) in [6, 6.07) is 16.3. The average molecular weight is 561 g/mol. The van der Waals surface area contributed by atoms with Crippen molar-refractivity contribution in [3.8, 4) is 23.0 Å². The van der Waals surface area contributed by atoms with E-state index in [1.54, 1.807) is 12.1 Å². The van der Waals surface area contributed by atoms with Gasteiger partial charge in [-0.15, -0.1) is 0 Å². The maximum atomic E-state index is 12.8. The summed E-state index contributed by atoms with van der Waals surface area (Å²) < 4.78 is 26.3. The Balaban J connectivity index is 1.40. The second kappa shape index (κ2) is 13.6. The second-order valence-electron chi connectivity index (χ2n) is 9.73. The van der Waals surface area contributed by atoms with Crippen LogP contribution in [0.3, 0.4) is 0 Å². The van der Waals surface area contributed by atoms with E-state index in [1.165, 1.54) is 68.8 Å². The van der Waals surface area contributed by atoms with Gasteiger partial charge in [0.25, 0.3) is 0 Å². The zero-order valence-electron chi connectivity index (χ0n) is 23.2. The van der Waals surface area contributed by atoms with Crippen molar-refractivity contribution in [1.29, 1.82) is 0 Å². The first kappa shape index (κ1) is 29.3. The van der Waals surface area contributed by atoms with Crippen molar-refractivity contribution in [2.45, 2.75) is 39.0 Å². The Labute approximate surface area is 238 Å². The molecule has 0 radical (unpaired) electrons. The van der Waals surface area contributed by atoms with E-state index in [1.807, 2.05) is 0 Å². The molecule has 0 N–H and O–H groups in total. The van der Waals surface area contributed by atoms with E-state index in [9.17, 15) is 19.2 Å². The first-order chi connectivity index (χ1) is 19.8. The molecule has 3 aromatic rings. The number of carbonyl (C=O) groups is 4. The van der Waals surface area contributed by atoms with Gasteiger partial charge in [-0.25, -0.2) is 14.4 Å². The molecular weight excluding hydrogens is 528 g/mol. The van der Waals surface area contributed by atoms with Crippen molar-refractivity contribution in [2.24, 2.45) is 11.8 Å². The molecule has 0 bridgehead atoms. The van der Waals surface area contributed by atoms with E-state index in [4.69, 9.17) is 23.7 Å². The number of carbonyl (C=O) groups excluding carboxylic acids is 4. The normalized spacial score (nSPS) is 16.3. The van der Waals surface area contributed by atoms with Crippen molar-refractivity contribution in [3.05, 3.63) is 83.4 Å². The van der Waals surface area contributed by atoms with Crippen LogP contribution in [0.25, 0.3) is 0 Å². The summed E-state index contributed by atoms with van der Waals surface area (Å²) >= 11 is 0. The summed E-state index contributed by atoms with van der Waals surface area (Å²) in [7, 11) is 2.69. The minimum absolute atomic E-state index is 0.0397. The lowest BCUT2D eigenvalue weighted by Crippen LogP contribution is -2.25. The number of hydrogen-bond acceptors (Lipinski definition) is 9. The molecule has 0 spiro atoms. The van der Waals surface area contributed by atoms with Gasteiger partial charge >= 0.3 is 23.9 Å². The highest BCUT2D eigenvalue weighted by Gasteiger charge is 2.27. The first-order valence-corrected chi connectivity index (χ1v) is 13.4. The van der Waals surface area contributed by atoms with Crippen molar-refractivity contribution < 1.29 is 42.9 Å². The summed E-state index contributed by atoms with van der Waals surface area (Å²) in [5.74, 6) is -0.958. The summed E-state index contributed by atoms with van der Waals surface area (Å²) in [5.41, 5.74) is 0.355. The number of hydrogen-bond donors (Lipinski definition) is 0. The fourth-order valence-electron chi connectivity index (χ4n) is 4.65. The van der Waals surface area contributed by atoms with Crippen LogP contribution >= 0.6 is 0 Å². The highest BCUT2D eigenvalue weighted by atomic mass is 16.6. The largest absolute Gasteiger partial charge is 0.497 e.